The number of benzene rings is 2. The molecule has 3 rings (SSSR count). The Hall–Kier alpha value is -1.63. The monoisotopic (exact) mass is 408 g/mol. The lowest BCUT2D eigenvalue weighted by Crippen LogP contribution is -2.49. The van der Waals surface area contributed by atoms with Crippen molar-refractivity contribution in [3.8, 4) is 5.75 Å². The molecular formula is C19H22BrFN2O2. The maximum atomic E-state index is 13.9. The van der Waals surface area contributed by atoms with Crippen LogP contribution in [-0.4, -0.2) is 55.4 Å². The molecule has 0 aromatic heterocycles. The molecule has 4 nitrogen and oxygen atoms in total. The van der Waals surface area contributed by atoms with E-state index in [0.717, 1.165) is 36.4 Å². The molecule has 0 aliphatic carbocycles. The summed E-state index contributed by atoms with van der Waals surface area (Å²) in [5.41, 5.74) is 0.653. The van der Waals surface area contributed by atoms with Gasteiger partial charge in [0, 0.05) is 37.2 Å². The number of β-amino-alcohol motifs (C(OH)–C–C–N with tert-alkyl or cyclic N) is 1. The molecule has 1 heterocycles. The molecule has 1 fully saturated rings. The second kappa shape index (κ2) is 8.65. The van der Waals surface area contributed by atoms with E-state index in [2.05, 4.69) is 25.7 Å². The first-order valence-electron chi connectivity index (χ1n) is 8.40. The molecule has 0 amide bonds. The normalized spacial score (nSPS) is 16.7. The SMILES string of the molecule is O[C@H](COc1cccc(Br)c1)CN1CCN(c2ccccc2F)CC1. The fourth-order valence-electron chi connectivity index (χ4n) is 2.98. The second-order valence-electron chi connectivity index (χ2n) is 6.16. The molecule has 1 aliphatic rings. The fraction of sp³-hybridized carbons (Fsp3) is 0.368. The summed E-state index contributed by atoms with van der Waals surface area (Å²) in [6.45, 7) is 3.90. The largest absolute Gasteiger partial charge is 0.491 e. The van der Waals surface area contributed by atoms with Crippen molar-refractivity contribution >= 4 is 21.6 Å². The van der Waals surface area contributed by atoms with E-state index in [0.29, 0.717) is 12.2 Å². The predicted octanol–water partition coefficient (Wildman–Crippen LogP) is 3.15. The van der Waals surface area contributed by atoms with Crippen molar-refractivity contribution in [3.05, 3.63) is 58.8 Å². The van der Waals surface area contributed by atoms with Gasteiger partial charge >= 0.3 is 0 Å². The van der Waals surface area contributed by atoms with E-state index in [-0.39, 0.29) is 12.4 Å². The zero-order chi connectivity index (χ0) is 17.6. The summed E-state index contributed by atoms with van der Waals surface area (Å²) in [5, 5.41) is 10.2. The highest BCUT2D eigenvalue weighted by Crippen LogP contribution is 2.20. The molecule has 134 valence electrons. The van der Waals surface area contributed by atoms with Crippen molar-refractivity contribution in [2.24, 2.45) is 0 Å². The Balaban J connectivity index is 1.43. The maximum absolute atomic E-state index is 13.9. The van der Waals surface area contributed by atoms with Gasteiger partial charge in [0.1, 0.15) is 24.3 Å². The number of nitrogens with zero attached hydrogens (tertiary/aromatic N) is 2. The van der Waals surface area contributed by atoms with Crippen LogP contribution in [0.25, 0.3) is 0 Å². The average molecular weight is 409 g/mol. The number of hydrogen-bond acceptors (Lipinski definition) is 4. The molecule has 0 bridgehead atoms. The predicted molar refractivity (Wildman–Crippen MR) is 101 cm³/mol. The van der Waals surface area contributed by atoms with Crippen LogP contribution in [0, 0.1) is 5.82 Å². The molecule has 6 heteroatoms. The summed E-state index contributed by atoms with van der Waals surface area (Å²) in [6.07, 6.45) is -0.556. The third-order valence-corrected chi connectivity index (χ3v) is 4.77. The van der Waals surface area contributed by atoms with E-state index in [4.69, 9.17) is 4.74 Å². The number of halogens is 2. The van der Waals surface area contributed by atoms with Crippen LogP contribution in [0.15, 0.2) is 53.0 Å². The van der Waals surface area contributed by atoms with Crippen LogP contribution >= 0.6 is 15.9 Å². The molecule has 1 N–H and O–H groups in total. The van der Waals surface area contributed by atoms with Gasteiger partial charge in [-0.2, -0.15) is 0 Å². The molecule has 1 saturated heterocycles. The number of ether oxygens (including phenoxy) is 1. The average Bonchev–Trinajstić information content (AvgIpc) is 2.61. The van der Waals surface area contributed by atoms with Gasteiger partial charge in [0.2, 0.25) is 0 Å². The van der Waals surface area contributed by atoms with Crippen LogP contribution in [0.2, 0.25) is 0 Å². The number of piperazine rings is 1. The van der Waals surface area contributed by atoms with Gasteiger partial charge in [-0.25, -0.2) is 4.39 Å². The number of hydrogen-bond donors (Lipinski definition) is 1. The Morgan fingerprint density at radius 3 is 2.56 bits per heavy atom. The lowest BCUT2D eigenvalue weighted by molar-refractivity contribution is 0.0662. The van der Waals surface area contributed by atoms with Crippen LogP contribution in [0.5, 0.6) is 5.75 Å². The summed E-state index contributed by atoms with van der Waals surface area (Å²) in [6, 6.07) is 14.4. The van der Waals surface area contributed by atoms with E-state index in [1.165, 1.54) is 6.07 Å². The molecule has 0 saturated carbocycles. The molecule has 0 unspecified atom stereocenters. The van der Waals surface area contributed by atoms with Crippen molar-refractivity contribution in [2.75, 3.05) is 44.2 Å². The number of para-hydroxylation sites is 1. The highest BCUT2D eigenvalue weighted by Gasteiger charge is 2.21. The van der Waals surface area contributed by atoms with Crippen molar-refractivity contribution in [1.29, 1.82) is 0 Å². The molecule has 0 spiro atoms. The summed E-state index contributed by atoms with van der Waals surface area (Å²) in [5.74, 6) is 0.552. The summed E-state index contributed by atoms with van der Waals surface area (Å²) < 4.78 is 20.4. The zero-order valence-electron chi connectivity index (χ0n) is 13.9. The Morgan fingerprint density at radius 1 is 1.08 bits per heavy atom. The molecule has 25 heavy (non-hydrogen) atoms. The number of rotatable bonds is 6. The van der Waals surface area contributed by atoms with Crippen LogP contribution in [0.4, 0.5) is 10.1 Å². The minimum Gasteiger partial charge on any atom is -0.491 e. The summed E-state index contributed by atoms with van der Waals surface area (Å²) in [7, 11) is 0. The topological polar surface area (TPSA) is 35.9 Å². The standard InChI is InChI=1S/C19H22BrFN2O2/c20-15-4-3-5-17(12-15)25-14-16(24)13-22-8-10-23(11-9-22)19-7-2-1-6-18(19)21/h1-7,12,16,24H,8-11,13-14H2/t16-/m0/s1. The molecule has 2 aromatic carbocycles. The first-order chi connectivity index (χ1) is 12.1. The quantitative estimate of drug-likeness (QED) is 0.796. The number of aliphatic hydroxyl groups excluding tert-OH is 1. The highest BCUT2D eigenvalue weighted by molar-refractivity contribution is 9.10. The van der Waals surface area contributed by atoms with Gasteiger partial charge < -0.3 is 14.7 Å². The van der Waals surface area contributed by atoms with Gasteiger partial charge in [-0.1, -0.05) is 34.1 Å². The second-order valence-corrected chi connectivity index (χ2v) is 7.08. The third-order valence-electron chi connectivity index (χ3n) is 4.27. The van der Waals surface area contributed by atoms with Gasteiger partial charge in [0.15, 0.2) is 0 Å². The van der Waals surface area contributed by atoms with Gasteiger partial charge in [0.05, 0.1) is 5.69 Å². The molecule has 1 aliphatic heterocycles. The van der Waals surface area contributed by atoms with E-state index in [9.17, 15) is 9.50 Å². The van der Waals surface area contributed by atoms with Crippen molar-refractivity contribution in [3.63, 3.8) is 0 Å². The fourth-order valence-corrected chi connectivity index (χ4v) is 3.36. The van der Waals surface area contributed by atoms with E-state index in [1.54, 1.807) is 6.07 Å². The Kier molecular flexibility index (Phi) is 6.29. The lowest BCUT2D eigenvalue weighted by atomic mass is 10.2. The summed E-state index contributed by atoms with van der Waals surface area (Å²) in [4.78, 5) is 4.24. The zero-order valence-corrected chi connectivity index (χ0v) is 15.5. The minimum absolute atomic E-state index is 0.182. The van der Waals surface area contributed by atoms with Gasteiger partial charge in [0.25, 0.3) is 0 Å². The van der Waals surface area contributed by atoms with Crippen LogP contribution in [0.1, 0.15) is 0 Å². The Labute approximate surface area is 155 Å². The van der Waals surface area contributed by atoms with Gasteiger partial charge in [-0.3, -0.25) is 4.90 Å². The maximum Gasteiger partial charge on any atom is 0.146 e. The van der Waals surface area contributed by atoms with E-state index < -0.39 is 6.10 Å². The molecule has 0 radical (unpaired) electrons. The van der Waals surface area contributed by atoms with Gasteiger partial charge in [-0.05, 0) is 30.3 Å². The van der Waals surface area contributed by atoms with E-state index in [1.807, 2.05) is 36.4 Å². The molecule has 1 atom stereocenters. The van der Waals surface area contributed by atoms with Crippen molar-refractivity contribution < 1.29 is 14.2 Å². The lowest BCUT2D eigenvalue weighted by Gasteiger charge is -2.36. The smallest absolute Gasteiger partial charge is 0.146 e. The number of aliphatic hydroxyl groups is 1. The Morgan fingerprint density at radius 2 is 1.84 bits per heavy atom. The first-order valence-corrected chi connectivity index (χ1v) is 9.19. The Bertz CT molecular complexity index is 693. The minimum atomic E-state index is -0.556. The first kappa shape index (κ1) is 18.2. The molecule has 2 aromatic rings. The highest BCUT2D eigenvalue weighted by atomic mass is 79.9. The van der Waals surface area contributed by atoms with Gasteiger partial charge in [-0.15, -0.1) is 0 Å². The molecular weight excluding hydrogens is 387 g/mol. The van der Waals surface area contributed by atoms with Crippen LogP contribution < -0.4 is 9.64 Å². The van der Waals surface area contributed by atoms with Crippen LogP contribution in [0.3, 0.4) is 0 Å². The van der Waals surface area contributed by atoms with Crippen LogP contribution in [-0.2, 0) is 0 Å². The summed E-state index contributed by atoms with van der Waals surface area (Å²) >= 11 is 3.40. The number of anilines is 1. The van der Waals surface area contributed by atoms with E-state index >= 15 is 0 Å². The van der Waals surface area contributed by atoms with Crippen molar-refractivity contribution in [1.82, 2.24) is 4.90 Å². The third kappa shape index (κ3) is 5.17. The van der Waals surface area contributed by atoms with Crippen molar-refractivity contribution in [2.45, 2.75) is 6.10 Å².